The first-order chi connectivity index (χ1) is 11.9. The van der Waals surface area contributed by atoms with Gasteiger partial charge in [0, 0.05) is 25.0 Å². The average molecular weight is 339 g/mol. The number of benzene rings is 1. The fourth-order valence-corrected chi connectivity index (χ4v) is 2.91. The van der Waals surface area contributed by atoms with Gasteiger partial charge in [-0.05, 0) is 35.6 Å². The van der Waals surface area contributed by atoms with Crippen LogP contribution in [0.3, 0.4) is 0 Å². The summed E-state index contributed by atoms with van der Waals surface area (Å²) in [5.74, 6) is 0.450. The van der Waals surface area contributed by atoms with Crippen LogP contribution in [0.25, 0.3) is 0 Å². The van der Waals surface area contributed by atoms with Crippen molar-refractivity contribution in [3.05, 3.63) is 53.7 Å². The number of para-hydroxylation sites is 1. The van der Waals surface area contributed by atoms with E-state index in [9.17, 15) is 9.90 Å². The zero-order chi connectivity index (χ0) is 18.0. The lowest BCUT2D eigenvalue weighted by Gasteiger charge is -2.26. The van der Waals surface area contributed by atoms with E-state index in [1.807, 2.05) is 39.0 Å². The Morgan fingerprint density at radius 1 is 1.28 bits per heavy atom. The Morgan fingerprint density at radius 2 is 2.04 bits per heavy atom. The number of amides is 1. The van der Waals surface area contributed by atoms with E-state index in [1.54, 1.807) is 23.2 Å². The zero-order valence-corrected chi connectivity index (χ0v) is 15.0. The van der Waals surface area contributed by atoms with Crippen LogP contribution in [0.4, 0.5) is 11.5 Å². The minimum atomic E-state index is -0.537. The predicted octanol–water partition coefficient (Wildman–Crippen LogP) is 3.10. The molecule has 1 amide bonds. The van der Waals surface area contributed by atoms with Crippen LogP contribution >= 0.6 is 0 Å². The number of aliphatic hydroxyl groups is 1. The lowest BCUT2D eigenvalue weighted by atomic mass is 9.89. The van der Waals surface area contributed by atoms with E-state index in [0.717, 1.165) is 12.1 Å². The third kappa shape index (κ3) is 3.66. The molecule has 1 aliphatic heterocycles. The lowest BCUT2D eigenvalue weighted by Crippen LogP contribution is -2.34. The molecule has 2 heterocycles. The van der Waals surface area contributed by atoms with Crippen LogP contribution in [0.15, 0.2) is 42.6 Å². The molecular weight excluding hydrogens is 314 g/mol. The normalized spacial score (nSPS) is 15.0. The van der Waals surface area contributed by atoms with Crippen LogP contribution in [0.5, 0.6) is 0 Å². The molecule has 1 atom stereocenters. The molecule has 0 fully saturated rings. The summed E-state index contributed by atoms with van der Waals surface area (Å²) in [6.07, 6.45) is 1.98. The van der Waals surface area contributed by atoms with Gasteiger partial charge in [-0.3, -0.25) is 4.79 Å². The highest BCUT2D eigenvalue weighted by Crippen LogP contribution is 2.30. The number of fused-ring (bicyclic) bond motifs is 1. The maximum Gasteiger partial charge on any atom is 0.262 e. The lowest BCUT2D eigenvalue weighted by molar-refractivity contribution is 0.0744. The summed E-state index contributed by atoms with van der Waals surface area (Å²) in [6, 6.07) is 11.5. The van der Waals surface area contributed by atoms with Crippen LogP contribution < -0.4 is 10.2 Å². The number of anilines is 2. The number of aromatic nitrogens is 1. The first kappa shape index (κ1) is 17.4. The second kappa shape index (κ2) is 6.84. The summed E-state index contributed by atoms with van der Waals surface area (Å²) in [7, 11) is 0. The largest absolute Gasteiger partial charge is 0.391 e. The molecule has 25 heavy (non-hydrogen) atoms. The van der Waals surface area contributed by atoms with Crippen molar-refractivity contribution in [3.63, 3.8) is 0 Å². The minimum absolute atomic E-state index is 0.0641. The van der Waals surface area contributed by atoms with E-state index in [1.165, 1.54) is 5.56 Å². The zero-order valence-electron chi connectivity index (χ0n) is 15.0. The summed E-state index contributed by atoms with van der Waals surface area (Å²) < 4.78 is 0. The minimum Gasteiger partial charge on any atom is -0.391 e. The molecule has 0 bridgehead atoms. The third-order valence-corrected chi connectivity index (χ3v) is 4.63. The van der Waals surface area contributed by atoms with Crippen molar-refractivity contribution in [1.29, 1.82) is 0 Å². The van der Waals surface area contributed by atoms with Gasteiger partial charge in [0.2, 0.25) is 0 Å². The van der Waals surface area contributed by atoms with Crippen LogP contribution in [-0.4, -0.2) is 35.2 Å². The monoisotopic (exact) mass is 339 g/mol. The van der Waals surface area contributed by atoms with E-state index in [2.05, 4.69) is 16.4 Å². The molecule has 1 aromatic heterocycles. The second-order valence-electron chi connectivity index (χ2n) is 7.50. The Morgan fingerprint density at radius 3 is 2.80 bits per heavy atom. The molecular formula is C20H25N3O2. The van der Waals surface area contributed by atoms with Crippen LogP contribution in [-0.2, 0) is 6.42 Å². The number of rotatable bonds is 4. The van der Waals surface area contributed by atoms with E-state index in [4.69, 9.17) is 0 Å². The number of pyridine rings is 1. The average Bonchev–Trinajstić information content (AvgIpc) is 3.02. The van der Waals surface area contributed by atoms with Gasteiger partial charge in [-0.25, -0.2) is 4.98 Å². The number of hydrogen-bond donors (Lipinski definition) is 2. The highest BCUT2D eigenvalue weighted by atomic mass is 16.3. The molecule has 2 N–H and O–H groups in total. The first-order valence-electron chi connectivity index (χ1n) is 8.64. The maximum atomic E-state index is 13.1. The molecule has 1 aliphatic rings. The van der Waals surface area contributed by atoms with Gasteiger partial charge in [0.15, 0.2) is 0 Å². The highest BCUT2D eigenvalue weighted by molar-refractivity contribution is 6.10. The number of carbonyl (C=O) groups excluding carboxylic acids is 1. The summed E-state index contributed by atoms with van der Waals surface area (Å²) in [4.78, 5) is 19.2. The molecule has 5 heteroatoms. The Balaban J connectivity index is 1.80. The molecule has 3 rings (SSSR count). The molecule has 132 valence electrons. The van der Waals surface area contributed by atoms with Crippen molar-refractivity contribution in [2.45, 2.75) is 33.3 Å². The molecule has 0 saturated carbocycles. The summed E-state index contributed by atoms with van der Waals surface area (Å²) in [5.41, 5.74) is 2.45. The molecule has 0 radical (unpaired) electrons. The summed E-state index contributed by atoms with van der Waals surface area (Å²) in [6.45, 7) is 6.95. The van der Waals surface area contributed by atoms with E-state index in [-0.39, 0.29) is 11.3 Å². The van der Waals surface area contributed by atoms with Crippen molar-refractivity contribution >= 4 is 17.4 Å². The van der Waals surface area contributed by atoms with E-state index in [0.29, 0.717) is 24.5 Å². The Kier molecular flexibility index (Phi) is 4.77. The van der Waals surface area contributed by atoms with Crippen molar-refractivity contribution in [2.24, 2.45) is 5.41 Å². The van der Waals surface area contributed by atoms with Gasteiger partial charge >= 0.3 is 0 Å². The standard InChI is InChI=1S/C20H25N3O2/c1-20(2,3)17(24)13-22-18-15(8-6-11-21-18)19(25)23-12-10-14-7-4-5-9-16(14)23/h4-9,11,17,24H,10,12-13H2,1-3H3,(H,21,22). The molecule has 2 aromatic rings. The smallest absolute Gasteiger partial charge is 0.262 e. The van der Waals surface area contributed by atoms with Gasteiger partial charge in [0.05, 0.1) is 11.7 Å². The molecule has 0 spiro atoms. The highest BCUT2D eigenvalue weighted by Gasteiger charge is 2.28. The molecule has 1 unspecified atom stereocenters. The van der Waals surface area contributed by atoms with Crippen LogP contribution in [0.2, 0.25) is 0 Å². The fraction of sp³-hybridized carbons (Fsp3) is 0.400. The molecule has 0 saturated heterocycles. The molecule has 5 nitrogen and oxygen atoms in total. The van der Waals surface area contributed by atoms with Gasteiger partial charge in [-0.15, -0.1) is 0 Å². The molecule has 0 aliphatic carbocycles. The Labute approximate surface area is 148 Å². The number of aliphatic hydroxyl groups excluding tert-OH is 1. The van der Waals surface area contributed by atoms with Gasteiger partial charge in [-0.1, -0.05) is 39.0 Å². The summed E-state index contributed by atoms with van der Waals surface area (Å²) in [5, 5.41) is 13.4. The quantitative estimate of drug-likeness (QED) is 0.898. The van der Waals surface area contributed by atoms with Crippen LogP contribution in [0, 0.1) is 5.41 Å². The first-order valence-corrected chi connectivity index (χ1v) is 8.64. The van der Waals surface area contributed by atoms with Crippen molar-refractivity contribution in [3.8, 4) is 0 Å². The Hall–Kier alpha value is -2.40. The van der Waals surface area contributed by atoms with E-state index < -0.39 is 6.10 Å². The van der Waals surface area contributed by atoms with Gasteiger partial charge in [-0.2, -0.15) is 0 Å². The summed E-state index contributed by atoms with van der Waals surface area (Å²) >= 11 is 0. The van der Waals surface area contributed by atoms with Crippen molar-refractivity contribution in [1.82, 2.24) is 4.98 Å². The Bertz CT molecular complexity index is 768. The van der Waals surface area contributed by atoms with Gasteiger partial charge < -0.3 is 15.3 Å². The fourth-order valence-electron chi connectivity index (χ4n) is 2.91. The topological polar surface area (TPSA) is 65.5 Å². The van der Waals surface area contributed by atoms with Crippen LogP contribution in [0.1, 0.15) is 36.7 Å². The number of hydrogen-bond acceptors (Lipinski definition) is 4. The number of carbonyl (C=O) groups is 1. The van der Waals surface area contributed by atoms with E-state index >= 15 is 0 Å². The number of nitrogens with zero attached hydrogens (tertiary/aromatic N) is 2. The van der Waals surface area contributed by atoms with Gasteiger partial charge in [0.25, 0.3) is 5.91 Å². The van der Waals surface area contributed by atoms with Gasteiger partial charge in [0.1, 0.15) is 5.82 Å². The maximum absolute atomic E-state index is 13.1. The SMILES string of the molecule is CC(C)(C)C(O)CNc1ncccc1C(=O)N1CCc2ccccc21. The predicted molar refractivity (Wildman–Crippen MR) is 100 cm³/mol. The number of nitrogens with one attached hydrogen (secondary N) is 1. The molecule has 1 aromatic carbocycles. The second-order valence-corrected chi connectivity index (χ2v) is 7.50. The third-order valence-electron chi connectivity index (χ3n) is 4.63. The van der Waals surface area contributed by atoms with Crippen molar-refractivity contribution < 1.29 is 9.90 Å². The van der Waals surface area contributed by atoms with Crippen molar-refractivity contribution in [2.75, 3.05) is 23.3 Å².